The molecule has 0 bridgehead atoms. The highest BCUT2D eigenvalue weighted by Crippen LogP contribution is 2.33. The number of carbonyl (C=O) groups excluding carboxylic acids is 1. The lowest BCUT2D eigenvalue weighted by atomic mass is 9.95. The lowest BCUT2D eigenvalue weighted by Crippen LogP contribution is -2.40. The molecular weight excluding hydrogens is 356 g/mol. The zero-order chi connectivity index (χ0) is 17.4. The fourth-order valence-corrected chi connectivity index (χ4v) is 4.28. The van der Waals surface area contributed by atoms with Crippen LogP contribution in [0.5, 0.6) is 5.75 Å². The minimum Gasteiger partial charge on any atom is -0.492 e. The Bertz CT molecular complexity index is 940. The van der Waals surface area contributed by atoms with Crippen molar-refractivity contribution in [2.24, 2.45) is 5.92 Å². The van der Waals surface area contributed by atoms with Gasteiger partial charge >= 0.3 is 0 Å². The van der Waals surface area contributed by atoms with Gasteiger partial charge in [-0.3, -0.25) is 9.69 Å². The number of fused-ring (bicyclic) bond motifs is 2. The molecule has 6 heteroatoms. The second-order valence-electron chi connectivity index (χ2n) is 6.01. The van der Waals surface area contributed by atoms with Crippen LogP contribution in [0.15, 0.2) is 42.5 Å². The highest BCUT2D eigenvalue weighted by molar-refractivity contribution is 7.22. The highest BCUT2D eigenvalue weighted by atomic mass is 35.5. The number of benzene rings is 2. The molecule has 25 heavy (non-hydrogen) atoms. The molecule has 128 valence electrons. The molecule has 0 saturated heterocycles. The van der Waals surface area contributed by atoms with Gasteiger partial charge in [0.15, 0.2) is 5.13 Å². The molecule has 3 aromatic rings. The Kier molecular flexibility index (Phi) is 4.36. The number of rotatable bonds is 3. The van der Waals surface area contributed by atoms with Crippen molar-refractivity contribution in [2.75, 3.05) is 18.1 Å². The van der Waals surface area contributed by atoms with Crippen LogP contribution in [-0.2, 0) is 11.2 Å². The maximum Gasteiger partial charge on any atom is 0.235 e. The number of ether oxygens (including phenoxy) is 1. The predicted molar refractivity (Wildman–Crippen MR) is 102 cm³/mol. The number of carbonyl (C=O) groups is 1. The Labute approximate surface area is 155 Å². The summed E-state index contributed by atoms with van der Waals surface area (Å²) >= 11 is 7.55. The number of nitrogens with zero attached hydrogens (tertiary/aromatic N) is 2. The van der Waals surface area contributed by atoms with Crippen molar-refractivity contribution >= 4 is 44.2 Å². The van der Waals surface area contributed by atoms with Gasteiger partial charge in [-0.25, -0.2) is 4.98 Å². The molecule has 1 aliphatic heterocycles. The summed E-state index contributed by atoms with van der Waals surface area (Å²) in [6, 6.07) is 13.5. The minimum absolute atomic E-state index is 0.0576. The quantitative estimate of drug-likeness (QED) is 0.677. The van der Waals surface area contributed by atoms with E-state index >= 15 is 0 Å². The van der Waals surface area contributed by atoms with Crippen molar-refractivity contribution in [1.29, 1.82) is 0 Å². The second kappa shape index (κ2) is 6.65. The van der Waals surface area contributed by atoms with Crippen LogP contribution in [0.1, 0.15) is 12.5 Å². The van der Waals surface area contributed by atoms with Gasteiger partial charge in [-0.1, -0.05) is 41.1 Å². The topological polar surface area (TPSA) is 42.4 Å². The third kappa shape index (κ3) is 3.10. The molecule has 0 saturated carbocycles. The number of anilines is 1. The molecule has 1 amide bonds. The zero-order valence-electron chi connectivity index (χ0n) is 13.7. The van der Waals surface area contributed by atoms with Gasteiger partial charge in [0.2, 0.25) is 5.91 Å². The van der Waals surface area contributed by atoms with Crippen LogP contribution >= 0.6 is 22.9 Å². The molecule has 2 heterocycles. The lowest BCUT2D eigenvalue weighted by Gasteiger charge is -2.28. The Hall–Kier alpha value is -2.11. The molecule has 1 aliphatic rings. The molecule has 0 spiro atoms. The van der Waals surface area contributed by atoms with Crippen molar-refractivity contribution in [3.05, 3.63) is 53.1 Å². The number of para-hydroxylation sites is 1. The van der Waals surface area contributed by atoms with Crippen molar-refractivity contribution in [1.82, 2.24) is 4.98 Å². The molecule has 4 rings (SSSR count). The molecular formula is C19H17ClN2O2S. The largest absolute Gasteiger partial charge is 0.492 e. The average molecular weight is 373 g/mol. The van der Waals surface area contributed by atoms with Gasteiger partial charge < -0.3 is 4.74 Å². The van der Waals surface area contributed by atoms with Crippen molar-refractivity contribution in [2.45, 2.75) is 13.3 Å². The van der Waals surface area contributed by atoms with Crippen LogP contribution in [0, 0.1) is 5.92 Å². The van der Waals surface area contributed by atoms with Crippen LogP contribution in [0.2, 0.25) is 5.02 Å². The Morgan fingerprint density at radius 1 is 1.36 bits per heavy atom. The standard InChI is InChI=1S/C19H17ClN2O2S/c1-2-22(19-21-15-10-14(20)7-8-17(15)25-19)18(23)13-9-12-5-3-4-6-16(12)24-11-13/h3-8,10,13H,2,9,11H2,1H3. The van der Waals surface area contributed by atoms with Gasteiger partial charge in [-0.15, -0.1) is 0 Å². The molecule has 0 N–H and O–H groups in total. The van der Waals surface area contributed by atoms with E-state index in [1.807, 2.05) is 49.4 Å². The van der Waals surface area contributed by atoms with E-state index < -0.39 is 0 Å². The first-order valence-electron chi connectivity index (χ1n) is 8.24. The van der Waals surface area contributed by atoms with Gasteiger partial charge in [-0.05, 0) is 43.2 Å². The summed E-state index contributed by atoms with van der Waals surface area (Å²) in [6.45, 7) is 2.95. The van der Waals surface area contributed by atoms with Crippen LogP contribution in [-0.4, -0.2) is 24.0 Å². The number of hydrogen-bond acceptors (Lipinski definition) is 4. The van der Waals surface area contributed by atoms with E-state index in [0.29, 0.717) is 29.7 Å². The summed E-state index contributed by atoms with van der Waals surface area (Å²) in [5, 5.41) is 1.36. The molecule has 2 aromatic carbocycles. The summed E-state index contributed by atoms with van der Waals surface area (Å²) in [5.74, 6) is 0.747. The summed E-state index contributed by atoms with van der Waals surface area (Å²) in [6.07, 6.45) is 0.697. The Morgan fingerprint density at radius 2 is 2.20 bits per heavy atom. The molecule has 4 nitrogen and oxygen atoms in total. The second-order valence-corrected chi connectivity index (χ2v) is 7.46. The maximum absolute atomic E-state index is 13.1. The number of amides is 1. The molecule has 1 atom stereocenters. The molecule has 0 aliphatic carbocycles. The predicted octanol–water partition coefficient (Wildman–Crippen LogP) is 4.55. The van der Waals surface area contributed by atoms with Gasteiger partial charge in [0, 0.05) is 11.6 Å². The zero-order valence-corrected chi connectivity index (χ0v) is 15.3. The summed E-state index contributed by atoms with van der Waals surface area (Å²) in [4.78, 5) is 19.4. The third-order valence-electron chi connectivity index (χ3n) is 4.38. The Morgan fingerprint density at radius 3 is 3.04 bits per heavy atom. The third-order valence-corrected chi connectivity index (χ3v) is 5.67. The smallest absolute Gasteiger partial charge is 0.235 e. The van der Waals surface area contributed by atoms with Crippen molar-refractivity contribution < 1.29 is 9.53 Å². The summed E-state index contributed by atoms with van der Waals surface area (Å²) in [5.41, 5.74) is 1.91. The summed E-state index contributed by atoms with van der Waals surface area (Å²) in [7, 11) is 0. The first-order chi connectivity index (χ1) is 12.2. The number of aromatic nitrogens is 1. The number of thiazole rings is 1. The van der Waals surface area contributed by atoms with Gasteiger partial charge in [-0.2, -0.15) is 0 Å². The molecule has 1 unspecified atom stereocenters. The molecule has 0 fully saturated rings. The normalized spacial score (nSPS) is 16.3. The van der Waals surface area contributed by atoms with Crippen LogP contribution in [0.25, 0.3) is 10.2 Å². The van der Waals surface area contributed by atoms with Crippen LogP contribution < -0.4 is 9.64 Å². The van der Waals surface area contributed by atoms with E-state index in [1.54, 1.807) is 4.90 Å². The Balaban J connectivity index is 1.61. The first kappa shape index (κ1) is 16.4. The van der Waals surface area contributed by atoms with Crippen molar-refractivity contribution in [3.8, 4) is 5.75 Å². The number of hydrogen-bond donors (Lipinski definition) is 0. The van der Waals surface area contributed by atoms with Gasteiger partial charge in [0.1, 0.15) is 12.4 Å². The SMILES string of the molecule is CCN(C(=O)C1COc2ccccc2C1)c1nc2cc(Cl)ccc2s1. The highest BCUT2D eigenvalue weighted by Gasteiger charge is 2.30. The minimum atomic E-state index is -0.189. The maximum atomic E-state index is 13.1. The van der Waals surface area contributed by atoms with E-state index in [4.69, 9.17) is 16.3 Å². The first-order valence-corrected chi connectivity index (χ1v) is 9.43. The van der Waals surface area contributed by atoms with E-state index in [2.05, 4.69) is 4.98 Å². The van der Waals surface area contributed by atoms with E-state index in [9.17, 15) is 4.79 Å². The van der Waals surface area contributed by atoms with Crippen LogP contribution in [0.4, 0.5) is 5.13 Å². The van der Waals surface area contributed by atoms with Crippen molar-refractivity contribution in [3.63, 3.8) is 0 Å². The monoisotopic (exact) mass is 372 g/mol. The van der Waals surface area contributed by atoms with Crippen LogP contribution in [0.3, 0.4) is 0 Å². The van der Waals surface area contributed by atoms with E-state index in [-0.39, 0.29) is 11.8 Å². The van der Waals surface area contributed by atoms with E-state index in [0.717, 1.165) is 21.5 Å². The fourth-order valence-electron chi connectivity index (χ4n) is 3.10. The number of halogens is 1. The summed E-state index contributed by atoms with van der Waals surface area (Å²) < 4.78 is 6.80. The molecule has 1 aromatic heterocycles. The molecule has 0 radical (unpaired) electrons. The van der Waals surface area contributed by atoms with Gasteiger partial charge in [0.05, 0.1) is 16.1 Å². The lowest BCUT2D eigenvalue weighted by molar-refractivity contribution is -0.123. The fraction of sp³-hybridized carbons (Fsp3) is 0.263. The van der Waals surface area contributed by atoms with Gasteiger partial charge in [0.25, 0.3) is 0 Å². The van der Waals surface area contributed by atoms with E-state index in [1.165, 1.54) is 11.3 Å². The average Bonchev–Trinajstić information content (AvgIpc) is 3.04.